The third kappa shape index (κ3) is 2.97. The SMILES string of the molecule is [B]CCC[C@@H]1CCCCC[C@@]1(N)C(=O)O. The first-order valence-electron chi connectivity index (χ1n) is 5.83. The molecule has 2 atom stereocenters. The Morgan fingerprint density at radius 1 is 1.47 bits per heavy atom. The van der Waals surface area contributed by atoms with Crippen molar-refractivity contribution in [3.05, 3.63) is 0 Å². The molecule has 0 aromatic heterocycles. The van der Waals surface area contributed by atoms with Crippen molar-refractivity contribution >= 4 is 13.8 Å². The zero-order chi connectivity index (χ0) is 11.3. The number of aliphatic carboxylic acids is 1. The van der Waals surface area contributed by atoms with Crippen molar-refractivity contribution < 1.29 is 9.90 Å². The van der Waals surface area contributed by atoms with E-state index < -0.39 is 11.5 Å². The Hall–Kier alpha value is -0.505. The minimum absolute atomic E-state index is 0.0982. The maximum atomic E-state index is 11.2. The zero-order valence-corrected chi connectivity index (χ0v) is 9.24. The number of nitrogens with two attached hydrogens (primary N) is 1. The first-order valence-corrected chi connectivity index (χ1v) is 5.83. The van der Waals surface area contributed by atoms with Gasteiger partial charge in [0.25, 0.3) is 0 Å². The quantitative estimate of drug-likeness (QED) is 0.547. The summed E-state index contributed by atoms with van der Waals surface area (Å²) in [7, 11) is 5.46. The lowest BCUT2D eigenvalue weighted by Gasteiger charge is -2.32. The molecule has 0 bridgehead atoms. The van der Waals surface area contributed by atoms with Crippen LogP contribution < -0.4 is 5.73 Å². The van der Waals surface area contributed by atoms with Gasteiger partial charge in [-0.25, -0.2) is 0 Å². The number of hydrogen-bond donors (Lipinski definition) is 2. The van der Waals surface area contributed by atoms with E-state index in [-0.39, 0.29) is 5.92 Å². The van der Waals surface area contributed by atoms with Gasteiger partial charge in [0.05, 0.1) is 7.85 Å². The monoisotopic (exact) mass is 209 g/mol. The average molecular weight is 209 g/mol. The summed E-state index contributed by atoms with van der Waals surface area (Å²) in [6, 6.07) is 0. The summed E-state index contributed by atoms with van der Waals surface area (Å²) in [6.45, 7) is 0. The summed E-state index contributed by atoms with van der Waals surface area (Å²) >= 11 is 0. The zero-order valence-electron chi connectivity index (χ0n) is 9.24. The van der Waals surface area contributed by atoms with E-state index >= 15 is 0 Å². The molecule has 15 heavy (non-hydrogen) atoms. The topological polar surface area (TPSA) is 63.3 Å². The molecule has 0 spiro atoms. The Bertz CT molecular complexity index is 223. The highest BCUT2D eigenvalue weighted by Crippen LogP contribution is 2.34. The van der Waals surface area contributed by atoms with Gasteiger partial charge in [0, 0.05) is 0 Å². The Kier molecular flexibility index (Phi) is 4.64. The Morgan fingerprint density at radius 3 is 2.80 bits per heavy atom. The van der Waals surface area contributed by atoms with E-state index in [1.165, 1.54) is 0 Å². The van der Waals surface area contributed by atoms with Crippen molar-refractivity contribution in [3.63, 3.8) is 0 Å². The summed E-state index contributed by atoms with van der Waals surface area (Å²) in [5.74, 6) is -0.743. The maximum Gasteiger partial charge on any atom is 0.323 e. The van der Waals surface area contributed by atoms with E-state index in [4.69, 9.17) is 13.6 Å². The van der Waals surface area contributed by atoms with Gasteiger partial charge < -0.3 is 10.8 Å². The molecule has 4 heteroatoms. The van der Waals surface area contributed by atoms with E-state index in [1.54, 1.807) is 0 Å². The van der Waals surface area contributed by atoms with Crippen LogP contribution in [0.25, 0.3) is 0 Å². The average Bonchev–Trinajstić information content (AvgIpc) is 2.38. The molecular formula is C11H20BNO2. The van der Waals surface area contributed by atoms with Crippen molar-refractivity contribution in [1.29, 1.82) is 0 Å². The summed E-state index contributed by atoms with van der Waals surface area (Å²) in [5, 5.41) is 9.24. The van der Waals surface area contributed by atoms with Gasteiger partial charge in [-0.15, -0.1) is 0 Å². The molecule has 3 N–H and O–H groups in total. The molecule has 0 heterocycles. The lowest BCUT2D eigenvalue weighted by atomic mass is 9.77. The van der Waals surface area contributed by atoms with Gasteiger partial charge in [-0.05, 0) is 25.2 Å². The number of carbonyl (C=O) groups is 1. The minimum Gasteiger partial charge on any atom is -0.480 e. The van der Waals surface area contributed by atoms with Gasteiger partial charge in [-0.3, -0.25) is 4.79 Å². The molecule has 0 aromatic carbocycles. The molecular weight excluding hydrogens is 189 g/mol. The normalized spacial score (nSPS) is 32.2. The highest BCUT2D eigenvalue weighted by Gasteiger charge is 2.41. The first kappa shape index (κ1) is 12.6. The summed E-state index contributed by atoms with van der Waals surface area (Å²) in [6.07, 6.45) is 7.01. The third-order valence-corrected chi connectivity index (χ3v) is 3.53. The summed E-state index contributed by atoms with van der Waals surface area (Å²) < 4.78 is 0. The van der Waals surface area contributed by atoms with Gasteiger partial charge in [0.1, 0.15) is 5.54 Å². The van der Waals surface area contributed by atoms with Crippen LogP contribution in [0.1, 0.15) is 44.9 Å². The Labute approximate surface area is 92.8 Å². The molecule has 0 aromatic rings. The lowest BCUT2D eigenvalue weighted by molar-refractivity contribution is -0.146. The van der Waals surface area contributed by atoms with E-state index in [2.05, 4.69) is 0 Å². The van der Waals surface area contributed by atoms with Crippen LogP contribution in [-0.4, -0.2) is 24.5 Å². The van der Waals surface area contributed by atoms with Crippen LogP contribution in [0.3, 0.4) is 0 Å². The summed E-state index contributed by atoms with van der Waals surface area (Å²) in [5.41, 5.74) is 5.04. The molecule has 0 unspecified atom stereocenters. The second-order valence-electron chi connectivity index (χ2n) is 4.57. The predicted octanol–water partition coefficient (Wildman–Crippen LogP) is 1.72. The second kappa shape index (κ2) is 5.54. The molecule has 0 saturated heterocycles. The fourth-order valence-corrected chi connectivity index (χ4v) is 2.49. The molecule has 2 radical (unpaired) electrons. The number of rotatable bonds is 4. The molecule has 1 saturated carbocycles. The third-order valence-electron chi connectivity index (χ3n) is 3.53. The molecule has 1 aliphatic carbocycles. The van der Waals surface area contributed by atoms with E-state index in [9.17, 15) is 9.90 Å². The lowest BCUT2D eigenvalue weighted by Crippen LogP contribution is -2.53. The number of hydrogen-bond acceptors (Lipinski definition) is 2. The van der Waals surface area contributed by atoms with Gasteiger partial charge in [0.15, 0.2) is 0 Å². The van der Waals surface area contributed by atoms with Crippen molar-refractivity contribution in [2.75, 3.05) is 0 Å². The van der Waals surface area contributed by atoms with Gasteiger partial charge >= 0.3 is 5.97 Å². The van der Waals surface area contributed by atoms with Crippen LogP contribution in [0.5, 0.6) is 0 Å². The molecule has 0 amide bonds. The predicted molar refractivity (Wildman–Crippen MR) is 60.9 cm³/mol. The van der Waals surface area contributed by atoms with E-state index in [0.29, 0.717) is 12.7 Å². The fraction of sp³-hybridized carbons (Fsp3) is 0.909. The molecule has 3 nitrogen and oxygen atoms in total. The molecule has 0 aliphatic heterocycles. The van der Waals surface area contributed by atoms with Crippen LogP contribution in [0.15, 0.2) is 0 Å². The van der Waals surface area contributed by atoms with Crippen LogP contribution >= 0.6 is 0 Å². The largest absolute Gasteiger partial charge is 0.480 e. The van der Waals surface area contributed by atoms with Crippen molar-refractivity contribution in [2.45, 2.75) is 56.8 Å². The smallest absolute Gasteiger partial charge is 0.323 e. The Morgan fingerprint density at radius 2 is 2.20 bits per heavy atom. The van der Waals surface area contributed by atoms with Crippen LogP contribution in [0, 0.1) is 5.92 Å². The van der Waals surface area contributed by atoms with Gasteiger partial charge in [-0.2, -0.15) is 0 Å². The second-order valence-corrected chi connectivity index (χ2v) is 4.57. The van der Waals surface area contributed by atoms with Gasteiger partial charge in [0.2, 0.25) is 0 Å². The highest BCUT2D eigenvalue weighted by molar-refractivity contribution is 6.08. The number of carboxylic acids is 1. The van der Waals surface area contributed by atoms with Gasteiger partial charge in [-0.1, -0.05) is 32.0 Å². The van der Waals surface area contributed by atoms with Crippen molar-refractivity contribution in [1.82, 2.24) is 0 Å². The molecule has 84 valence electrons. The highest BCUT2D eigenvalue weighted by atomic mass is 16.4. The van der Waals surface area contributed by atoms with Crippen molar-refractivity contribution in [2.24, 2.45) is 11.7 Å². The van der Waals surface area contributed by atoms with Crippen LogP contribution in [0.4, 0.5) is 0 Å². The van der Waals surface area contributed by atoms with E-state index in [0.717, 1.165) is 38.5 Å². The number of carboxylic acid groups (broad SMARTS) is 1. The summed E-state index contributed by atoms with van der Waals surface area (Å²) in [4.78, 5) is 11.2. The first-order chi connectivity index (χ1) is 7.11. The minimum atomic E-state index is -1.01. The Balaban J connectivity index is 2.71. The fourth-order valence-electron chi connectivity index (χ4n) is 2.49. The molecule has 1 rings (SSSR count). The van der Waals surface area contributed by atoms with Crippen molar-refractivity contribution in [3.8, 4) is 0 Å². The standard InChI is InChI=1S/C11H20BNO2/c12-8-4-6-9-5-2-1-3-7-11(9,13)10(14)15/h9H,1-8,13H2,(H,14,15)/t9-,11-/m0/s1. The van der Waals surface area contributed by atoms with E-state index in [1.807, 2.05) is 0 Å². The molecule has 1 fully saturated rings. The van der Waals surface area contributed by atoms with Crippen LogP contribution in [-0.2, 0) is 4.79 Å². The maximum absolute atomic E-state index is 11.2. The molecule has 1 aliphatic rings. The van der Waals surface area contributed by atoms with Crippen LogP contribution in [0.2, 0.25) is 6.32 Å².